The zero-order valence-electron chi connectivity index (χ0n) is 10.3. The third-order valence-corrected chi connectivity index (χ3v) is 3.81. The highest BCUT2D eigenvalue weighted by atomic mass is 32.1. The van der Waals surface area contributed by atoms with E-state index in [1.807, 2.05) is 11.9 Å². The van der Waals surface area contributed by atoms with E-state index < -0.39 is 0 Å². The van der Waals surface area contributed by atoms with Crippen LogP contribution in [-0.2, 0) is 6.42 Å². The van der Waals surface area contributed by atoms with Gasteiger partial charge in [0.2, 0.25) is 0 Å². The second-order valence-corrected chi connectivity index (χ2v) is 5.07. The van der Waals surface area contributed by atoms with Crippen molar-refractivity contribution in [1.29, 1.82) is 0 Å². The molecule has 0 aliphatic carbocycles. The lowest BCUT2D eigenvalue weighted by Gasteiger charge is -2.32. The van der Waals surface area contributed by atoms with Gasteiger partial charge in [-0.25, -0.2) is 9.99 Å². The Hall–Kier alpha value is -0.980. The number of carbonyl (C=O) groups is 1. The van der Waals surface area contributed by atoms with Gasteiger partial charge in [0.15, 0.2) is 0 Å². The van der Waals surface area contributed by atoms with E-state index in [9.17, 15) is 4.79 Å². The van der Waals surface area contributed by atoms with Crippen molar-refractivity contribution in [2.24, 2.45) is 0 Å². The summed E-state index contributed by atoms with van der Waals surface area (Å²) in [5.41, 5.74) is 5.58. The van der Waals surface area contributed by atoms with E-state index in [4.69, 9.17) is 0 Å². The van der Waals surface area contributed by atoms with Crippen LogP contribution in [0.2, 0.25) is 0 Å². The molecule has 5 nitrogen and oxygen atoms in total. The predicted octanol–water partition coefficient (Wildman–Crippen LogP) is 0.598. The van der Waals surface area contributed by atoms with Crippen molar-refractivity contribution >= 4 is 17.2 Å². The maximum Gasteiger partial charge on any atom is 0.277 e. The number of hydrogen-bond donors (Lipinski definition) is 1. The largest absolute Gasteiger partial charge is 0.304 e. The Morgan fingerprint density at radius 3 is 2.82 bits per heavy atom. The van der Waals surface area contributed by atoms with Gasteiger partial charge in [-0.15, -0.1) is 11.3 Å². The number of aromatic nitrogens is 1. The molecule has 17 heavy (non-hydrogen) atoms. The molecule has 0 bridgehead atoms. The average molecular weight is 254 g/mol. The highest BCUT2D eigenvalue weighted by molar-refractivity contribution is 7.11. The Morgan fingerprint density at radius 2 is 2.18 bits per heavy atom. The number of aryl methyl sites for hydroxylation is 1. The number of hydrazine groups is 1. The molecule has 1 saturated heterocycles. The number of piperazine rings is 1. The minimum Gasteiger partial charge on any atom is -0.304 e. The van der Waals surface area contributed by atoms with E-state index in [1.54, 1.807) is 5.51 Å². The van der Waals surface area contributed by atoms with Crippen molar-refractivity contribution in [3.8, 4) is 0 Å². The summed E-state index contributed by atoms with van der Waals surface area (Å²) >= 11 is 1.41. The molecule has 0 atom stereocenters. The molecule has 1 aromatic heterocycles. The van der Waals surface area contributed by atoms with Crippen LogP contribution in [0.15, 0.2) is 5.51 Å². The molecule has 0 radical (unpaired) electrons. The molecule has 0 unspecified atom stereocenters. The first-order valence-electron chi connectivity index (χ1n) is 5.87. The van der Waals surface area contributed by atoms with Crippen molar-refractivity contribution in [3.05, 3.63) is 16.1 Å². The molecule has 0 spiro atoms. The van der Waals surface area contributed by atoms with Crippen molar-refractivity contribution in [3.63, 3.8) is 0 Å². The van der Waals surface area contributed by atoms with E-state index in [2.05, 4.69) is 22.4 Å². The number of rotatable bonds is 3. The van der Waals surface area contributed by atoms with Gasteiger partial charge in [-0.2, -0.15) is 0 Å². The maximum absolute atomic E-state index is 12.0. The number of nitrogens with zero attached hydrogens (tertiary/aromatic N) is 3. The second-order valence-electron chi connectivity index (χ2n) is 4.21. The predicted molar refractivity (Wildman–Crippen MR) is 68.0 cm³/mol. The van der Waals surface area contributed by atoms with E-state index in [1.165, 1.54) is 11.3 Å². The lowest BCUT2D eigenvalue weighted by atomic mass is 10.3. The van der Waals surface area contributed by atoms with Crippen LogP contribution in [0.1, 0.15) is 22.3 Å². The quantitative estimate of drug-likeness (QED) is 0.858. The van der Waals surface area contributed by atoms with E-state index in [0.717, 1.165) is 43.2 Å². The Kier molecular flexibility index (Phi) is 4.09. The molecule has 2 rings (SSSR count). The summed E-state index contributed by atoms with van der Waals surface area (Å²) in [6, 6.07) is 0. The summed E-state index contributed by atoms with van der Waals surface area (Å²) in [6.45, 7) is 5.75. The van der Waals surface area contributed by atoms with Gasteiger partial charge in [-0.1, -0.05) is 6.92 Å². The third kappa shape index (κ3) is 3.02. The molecular weight excluding hydrogens is 236 g/mol. The molecule has 1 aromatic rings. The summed E-state index contributed by atoms with van der Waals surface area (Å²) in [4.78, 5) is 19.2. The SMILES string of the molecule is CCc1ncsc1C(=O)NN1CCN(C)CC1. The fraction of sp³-hybridized carbons (Fsp3) is 0.636. The summed E-state index contributed by atoms with van der Waals surface area (Å²) in [7, 11) is 2.09. The number of amides is 1. The van der Waals surface area contributed by atoms with Crippen LogP contribution in [0.5, 0.6) is 0 Å². The van der Waals surface area contributed by atoms with E-state index >= 15 is 0 Å². The van der Waals surface area contributed by atoms with Gasteiger partial charge in [-0.05, 0) is 13.5 Å². The molecule has 1 fully saturated rings. The van der Waals surface area contributed by atoms with Gasteiger partial charge in [0.25, 0.3) is 5.91 Å². The monoisotopic (exact) mass is 254 g/mol. The first-order valence-corrected chi connectivity index (χ1v) is 6.75. The van der Waals surface area contributed by atoms with Crippen LogP contribution in [0, 0.1) is 0 Å². The van der Waals surface area contributed by atoms with E-state index in [-0.39, 0.29) is 5.91 Å². The molecule has 1 N–H and O–H groups in total. The van der Waals surface area contributed by atoms with Crippen LogP contribution >= 0.6 is 11.3 Å². The topological polar surface area (TPSA) is 48.5 Å². The van der Waals surface area contributed by atoms with Gasteiger partial charge in [-0.3, -0.25) is 10.2 Å². The second kappa shape index (κ2) is 5.57. The number of likely N-dealkylation sites (N-methyl/N-ethyl adjacent to an activating group) is 1. The van der Waals surface area contributed by atoms with Crippen molar-refractivity contribution in [1.82, 2.24) is 20.3 Å². The smallest absolute Gasteiger partial charge is 0.277 e. The van der Waals surface area contributed by atoms with Gasteiger partial charge in [0, 0.05) is 26.2 Å². The Bertz CT molecular complexity index is 385. The van der Waals surface area contributed by atoms with Crippen LogP contribution in [-0.4, -0.2) is 54.0 Å². The van der Waals surface area contributed by atoms with Gasteiger partial charge in [0.05, 0.1) is 11.2 Å². The van der Waals surface area contributed by atoms with Gasteiger partial charge in [0.1, 0.15) is 4.88 Å². The molecule has 1 aliphatic heterocycles. The molecule has 1 aliphatic rings. The third-order valence-electron chi connectivity index (χ3n) is 2.95. The first kappa shape index (κ1) is 12.5. The number of hydrogen-bond acceptors (Lipinski definition) is 5. The zero-order chi connectivity index (χ0) is 12.3. The minimum absolute atomic E-state index is 0.0195. The molecular formula is C11H18N4OS. The summed E-state index contributed by atoms with van der Waals surface area (Å²) < 4.78 is 0. The van der Waals surface area contributed by atoms with Crippen LogP contribution in [0.4, 0.5) is 0 Å². The van der Waals surface area contributed by atoms with Crippen molar-refractivity contribution in [2.75, 3.05) is 33.2 Å². The van der Waals surface area contributed by atoms with Crippen molar-refractivity contribution in [2.45, 2.75) is 13.3 Å². The summed E-state index contributed by atoms with van der Waals surface area (Å²) in [6.07, 6.45) is 0.801. The molecule has 0 saturated carbocycles. The number of carbonyl (C=O) groups excluding carboxylic acids is 1. The summed E-state index contributed by atoms with van der Waals surface area (Å²) in [5.74, 6) is -0.0195. The van der Waals surface area contributed by atoms with Gasteiger partial charge < -0.3 is 4.90 Å². The normalized spacial score (nSPS) is 18.2. The number of thiazole rings is 1. The van der Waals surface area contributed by atoms with Crippen molar-refractivity contribution < 1.29 is 4.79 Å². The molecule has 94 valence electrons. The number of nitrogens with one attached hydrogen (secondary N) is 1. The Morgan fingerprint density at radius 1 is 1.47 bits per heavy atom. The highest BCUT2D eigenvalue weighted by Gasteiger charge is 2.19. The van der Waals surface area contributed by atoms with Crippen LogP contribution < -0.4 is 5.43 Å². The average Bonchev–Trinajstić information content (AvgIpc) is 2.80. The minimum atomic E-state index is -0.0195. The first-order chi connectivity index (χ1) is 8.20. The van der Waals surface area contributed by atoms with Crippen LogP contribution in [0.25, 0.3) is 0 Å². The fourth-order valence-corrected chi connectivity index (χ4v) is 2.59. The fourth-order valence-electron chi connectivity index (χ4n) is 1.82. The molecule has 2 heterocycles. The Labute approximate surface area is 105 Å². The zero-order valence-corrected chi connectivity index (χ0v) is 11.1. The highest BCUT2D eigenvalue weighted by Crippen LogP contribution is 2.13. The van der Waals surface area contributed by atoms with E-state index in [0.29, 0.717) is 0 Å². The standard InChI is InChI=1S/C11H18N4OS/c1-3-9-10(17-8-12-9)11(16)13-15-6-4-14(2)5-7-15/h8H,3-7H2,1-2H3,(H,13,16). The van der Waals surface area contributed by atoms with Gasteiger partial charge >= 0.3 is 0 Å². The lowest BCUT2D eigenvalue weighted by molar-refractivity contribution is 0.0665. The van der Waals surface area contributed by atoms with Crippen LogP contribution in [0.3, 0.4) is 0 Å². The summed E-state index contributed by atoms with van der Waals surface area (Å²) in [5, 5.41) is 1.99. The Balaban J connectivity index is 1.93. The molecule has 0 aromatic carbocycles. The maximum atomic E-state index is 12.0. The molecule has 6 heteroatoms. The molecule has 1 amide bonds. The lowest BCUT2D eigenvalue weighted by Crippen LogP contribution is -2.52.